The van der Waals surface area contributed by atoms with Crippen LogP contribution in [-0.4, -0.2) is 38.3 Å². The Kier molecular flexibility index (Phi) is 11.6. The number of benzene rings is 1. The summed E-state index contributed by atoms with van der Waals surface area (Å²) in [7, 11) is 3.35. The number of nitrogens with one attached hydrogen (secondary N) is 2. The van der Waals surface area contributed by atoms with E-state index in [1.165, 1.54) is 6.42 Å². The van der Waals surface area contributed by atoms with Crippen LogP contribution in [0, 0.1) is 5.92 Å². The summed E-state index contributed by atoms with van der Waals surface area (Å²) < 4.78 is 5.08. The van der Waals surface area contributed by atoms with Crippen LogP contribution >= 0.6 is 24.0 Å². The van der Waals surface area contributed by atoms with E-state index in [2.05, 4.69) is 29.5 Å². The minimum Gasteiger partial charge on any atom is -0.508 e. The Labute approximate surface area is 156 Å². The summed E-state index contributed by atoms with van der Waals surface area (Å²) >= 11 is 0. The Balaban J connectivity index is 0.00000484. The highest BCUT2D eigenvalue weighted by atomic mass is 127. The Morgan fingerprint density at radius 2 is 1.96 bits per heavy atom. The highest BCUT2D eigenvalue weighted by Gasteiger charge is 2.04. The van der Waals surface area contributed by atoms with E-state index in [1.807, 2.05) is 12.1 Å². The number of hydrogen-bond acceptors (Lipinski definition) is 3. The second-order valence-corrected chi connectivity index (χ2v) is 5.71. The first-order valence-electron chi connectivity index (χ1n) is 7.87. The molecule has 0 atom stereocenters. The molecule has 0 aliphatic rings. The summed E-state index contributed by atoms with van der Waals surface area (Å²) in [4.78, 5) is 4.20. The molecule has 0 bridgehead atoms. The molecule has 0 saturated carbocycles. The first-order chi connectivity index (χ1) is 10.6. The van der Waals surface area contributed by atoms with Crippen molar-refractivity contribution in [2.24, 2.45) is 10.9 Å². The van der Waals surface area contributed by atoms with Crippen molar-refractivity contribution in [2.75, 3.05) is 27.2 Å². The molecule has 0 unspecified atom stereocenters. The van der Waals surface area contributed by atoms with Crippen molar-refractivity contribution < 1.29 is 9.84 Å². The SMILES string of the molecule is CN=C(NCCCC(C)C)NCCc1ccc(OC)cc1O.I. The van der Waals surface area contributed by atoms with Crippen LogP contribution in [-0.2, 0) is 6.42 Å². The van der Waals surface area contributed by atoms with Gasteiger partial charge in [0.25, 0.3) is 0 Å². The number of aromatic hydroxyl groups is 1. The highest BCUT2D eigenvalue weighted by molar-refractivity contribution is 14.0. The molecule has 6 heteroatoms. The number of hydrogen-bond donors (Lipinski definition) is 3. The van der Waals surface area contributed by atoms with Gasteiger partial charge in [0, 0.05) is 26.2 Å². The molecule has 1 aromatic rings. The summed E-state index contributed by atoms with van der Waals surface area (Å²) in [5.41, 5.74) is 0.892. The van der Waals surface area contributed by atoms with Crippen LogP contribution in [0.4, 0.5) is 0 Å². The van der Waals surface area contributed by atoms with E-state index in [0.29, 0.717) is 12.3 Å². The van der Waals surface area contributed by atoms with Crippen molar-refractivity contribution in [3.63, 3.8) is 0 Å². The Morgan fingerprint density at radius 3 is 2.52 bits per heavy atom. The average molecular weight is 435 g/mol. The van der Waals surface area contributed by atoms with Crippen molar-refractivity contribution in [3.05, 3.63) is 23.8 Å². The normalized spacial score (nSPS) is 11.1. The van der Waals surface area contributed by atoms with Gasteiger partial charge >= 0.3 is 0 Å². The summed E-state index contributed by atoms with van der Waals surface area (Å²) in [6, 6.07) is 5.37. The van der Waals surface area contributed by atoms with Crippen LogP contribution in [0.3, 0.4) is 0 Å². The van der Waals surface area contributed by atoms with Crippen molar-refractivity contribution in [2.45, 2.75) is 33.1 Å². The zero-order valence-electron chi connectivity index (χ0n) is 14.6. The second kappa shape index (κ2) is 12.3. The van der Waals surface area contributed by atoms with Crippen LogP contribution in [0.15, 0.2) is 23.2 Å². The molecule has 0 aliphatic heterocycles. The van der Waals surface area contributed by atoms with Gasteiger partial charge in [-0.25, -0.2) is 0 Å². The molecule has 0 heterocycles. The largest absolute Gasteiger partial charge is 0.508 e. The fraction of sp³-hybridized carbons (Fsp3) is 0.588. The molecule has 1 rings (SSSR count). The first kappa shape index (κ1) is 21.8. The fourth-order valence-electron chi connectivity index (χ4n) is 2.14. The molecule has 0 radical (unpaired) electrons. The summed E-state index contributed by atoms with van der Waals surface area (Å²) in [6.07, 6.45) is 3.07. The van der Waals surface area contributed by atoms with Crippen LogP contribution in [0.2, 0.25) is 0 Å². The van der Waals surface area contributed by atoms with Gasteiger partial charge in [0.2, 0.25) is 0 Å². The smallest absolute Gasteiger partial charge is 0.190 e. The van der Waals surface area contributed by atoms with Gasteiger partial charge in [-0.1, -0.05) is 19.9 Å². The molecule has 0 aromatic heterocycles. The Hall–Kier alpha value is -1.18. The minimum atomic E-state index is 0. The number of ether oxygens (including phenoxy) is 1. The zero-order chi connectivity index (χ0) is 16.4. The van der Waals surface area contributed by atoms with Gasteiger partial charge in [0.1, 0.15) is 11.5 Å². The lowest BCUT2D eigenvalue weighted by Crippen LogP contribution is -2.38. The monoisotopic (exact) mass is 435 g/mol. The fourth-order valence-corrected chi connectivity index (χ4v) is 2.14. The topological polar surface area (TPSA) is 65.9 Å². The molecule has 0 saturated heterocycles. The molecule has 1 aromatic carbocycles. The molecule has 0 spiro atoms. The second-order valence-electron chi connectivity index (χ2n) is 5.71. The summed E-state index contributed by atoms with van der Waals surface area (Å²) in [6.45, 7) is 6.10. The molecule has 0 amide bonds. The number of rotatable bonds is 8. The van der Waals surface area contributed by atoms with E-state index >= 15 is 0 Å². The average Bonchev–Trinajstić information content (AvgIpc) is 2.50. The molecule has 5 nitrogen and oxygen atoms in total. The van der Waals surface area contributed by atoms with Gasteiger partial charge in [0.15, 0.2) is 5.96 Å². The third kappa shape index (κ3) is 8.88. The number of phenols is 1. The van der Waals surface area contributed by atoms with Crippen molar-refractivity contribution in [1.29, 1.82) is 0 Å². The summed E-state index contributed by atoms with van der Waals surface area (Å²) in [5.74, 6) is 2.46. The van der Waals surface area contributed by atoms with Crippen LogP contribution in [0.5, 0.6) is 11.5 Å². The maximum atomic E-state index is 9.92. The van der Waals surface area contributed by atoms with E-state index in [0.717, 1.165) is 36.8 Å². The van der Waals surface area contributed by atoms with Gasteiger partial charge < -0.3 is 20.5 Å². The van der Waals surface area contributed by atoms with Gasteiger partial charge in [-0.3, -0.25) is 4.99 Å². The van der Waals surface area contributed by atoms with Gasteiger partial charge in [-0.15, -0.1) is 24.0 Å². The molecule has 3 N–H and O–H groups in total. The van der Waals surface area contributed by atoms with Gasteiger partial charge in [0.05, 0.1) is 7.11 Å². The maximum absolute atomic E-state index is 9.92. The Morgan fingerprint density at radius 1 is 1.26 bits per heavy atom. The lowest BCUT2D eigenvalue weighted by atomic mass is 10.1. The van der Waals surface area contributed by atoms with Crippen molar-refractivity contribution >= 4 is 29.9 Å². The molecule has 132 valence electrons. The highest BCUT2D eigenvalue weighted by Crippen LogP contribution is 2.23. The zero-order valence-corrected chi connectivity index (χ0v) is 16.9. The van der Waals surface area contributed by atoms with E-state index < -0.39 is 0 Å². The lowest BCUT2D eigenvalue weighted by Gasteiger charge is -2.13. The number of phenolic OH excluding ortho intramolecular Hbond substituents is 1. The van der Waals surface area contributed by atoms with Crippen LogP contribution < -0.4 is 15.4 Å². The maximum Gasteiger partial charge on any atom is 0.190 e. The molecule has 0 fully saturated rings. The summed E-state index contributed by atoms with van der Waals surface area (Å²) in [5, 5.41) is 16.5. The Bertz CT molecular complexity index is 479. The number of guanidine groups is 1. The number of halogens is 1. The van der Waals surface area contributed by atoms with E-state index in [4.69, 9.17) is 4.74 Å². The minimum absolute atomic E-state index is 0. The predicted octanol–water partition coefficient (Wildman–Crippen LogP) is 3.16. The molecule has 0 aliphatic carbocycles. The third-order valence-electron chi connectivity index (χ3n) is 3.45. The van der Waals surface area contributed by atoms with Gasteiger partial charge in [-0.2, -0.15) is 0 Å². The van der Waals surface area contributed by atoms with Crippen molar-refractivity contribution in [3.8, 4) is 11.5 Å². The predicted molar refractivity (Wildman–Crippen MR) is 107 cm³/mol. The first-order valence-corrected chi connectivity index (χ1v) is 7.87. The third-order valence-corrected chi connectivity index (χ3v) is 3.45. The molecular weight excluding hydrogens is 405 g/mol. The number of methoxy groups -OCH3 is 1. The lowest BCUT2D eigenvalue weighted by molar-refractivity contribution is 0.406. The van der Waals surface area contributed by atoms with E-state index in [1.54, 1.807) is 20.2 Å². The number of aliphatic imine (C=N–C) groups is 1. The quantitative estimate of drug-likeness (QED) is 0.254. The number of nitrogens with zero attached hydrogens (tertiary/aromatic N) is 1. The van der Waals surface area contributed by atoms with Crippen molar-refractivity contribution in [1.82, 2.24) is 10.6 Å². The van der Waals surface area contributed by atoms with E-state index in [-0.39, 0.29) is 29.7 Å². The van der Waals surface area contributed by atoms with Crippen LogP contribution in [0.25, 0.3) is 0 Å². The van der Waals surface area contributed by atoms with Gasteiger partial charge in [-0.05, 0) is 36.8 Å². The molecular formula is C17H30IN3O2. The van der Waals surface area contributed by atoms with Crippen LogP contribution in [0.1, 0.15) is 32.3 Å². The standard InChI is InChI=1S/C17H29N3O2.HI/c1-13(2)6-5-10-19-17(18-3)20-11-9-14-7-8-15(22-4)12-16(14)21;/h7-8,12-13,21H,5-6,9-11H2,1-4H3,(H2,18,19,20);1H. The van der Waals surface area contributed by atoms with E-state index in [9.17, 15) is 5.11 Å². The molecule has 23 heavy (non-hydrogen) atoms.